The second kappa shape index (κ2) is 5.43. The number of sulfonamides is 1. The van der Waals surface area contributed by atoms with Crippen LogP contribution in [-0.4, -0.2) is 21.0 Å². The minimum Gasteiger partial charge on any atom is -0.329 e. The molecule has 1 aromatic carbocycles. The predicted octanol–water partition coefficient (Wildman–Crippen LogP) is 1.47. The van der Waals surface area contributed by atoms with Gasteiger partial charge in [0.1, 0.15) is 10.7 Å². The number of nitrogens with two attached hydrogens (primary N) is 1. The number of hydrogen-bond donors (Lipinski definition) is 2. The van der Waals surface area contributed by atoms with Crippen LogP contribution < -0.4 is 10.5 Å². The third-order valence-corrected chi connectivity index (χ3v) is 3.86. The van der Waals surface area contributed by atoms with E-state index < -0.39 is 38.5 Å². The molecule has 0 bridgehead atoms. The number of benzene rings is 1. The molecule has 0 saturated carbocycles. The first-order valence-electron chi connectivity index (χ1n) is 5.17. The highest BCUT2D eigenvalue weighted by Gasteiger charge is 2.33. The molecular formula is C10H12F4N2O2S. The summed E-state index contributed by atoms with van der Waals surface area (Å²) in [5, 5.41) is 0. The van der Waals surface area contributed by atoms with E-state index in [1.807, 2.05) is 4.72 Å². The molecule has 3 N–H and O–H groups in total. The Morgan fingerprint density at radius 2 is 1.95 bits per heavy atom. The maximum Gasteiger partial charge on any atom is 0.416 e. The number of rotatable bonds is 4. The molecule has 108 valence electrons. The van der Waals surface area contributed by atoms with E-state index in [0.717, 1.165) is 0 Å². The molecule has 19 heavy (non-hydrogen) atoms. The second-order valence-corrected chi connectivity index (χ2v) is 5.58. The standard InChI is InChI=1S/C10H12F4N2O2S/c1-6(5-15)16-19(17,18)9-4-7(10(12,13)14)2-3-8(9)11/h2-4,6,16H,5,15H2,1H3/t6-/m0/s1. The topological polar surface area (TPSA) is 72.2 Å². The number of alkyl halides is 3. The van der Waals surface area contributed by atoms with Crippen LogP contribution in [0.15, 0.2) is 23.1 Å². The Balaban J connectivity index is 3.26. The summed E-state index contributed by atoms with van der Waals surface area (Å²) in [5.74, 6) is -1.26. The van der Waals surface area contributed by atoms with Crippen molar-refractivity contribution in [1.82, 2.24) is 4.72 Å². The molecule has 0 saturated heterocycles. The van der Waals surface area contributed by atoms with Crippen LogP contribution in [0.2, 0.25) is 0 Å². The maximum atomic E-state index is 13.4. The molecule has 0 amide bonds. The van der Waals surface area contributed by atoms with Crippen molar-refractivity contribution < 1.29 is 26.0 Å². The maximum absolute atomic E-state index is 13.4. The molecule has 0 aliphatic rings. The Hall–Kier alpha value is -1.19. The van der Waals surface area contributed by atoms with Gasteiger partial charge in [-0.15, -0.1) is 0 Å². The zero-order valence-electron chi connectivity index (χ0n) is 9.83. The Bertz CT molecular complexity index is 557. The fourth-order valence-corrected chi connectivity index (χ4v) is 2.62. The summed E-state index contributed by atoms with van der Waals surface area (Å²) in [5.41, 5.74) is 3.95. The molecule has 0 aliphatic carbocycles. The van der Waals surface area contributed by atoms with Crippen molar-refractivity contribution in [3.63, 3.8) is 0 Å². The molecule has 0 radical (unpaired) electrons. The van der Waals surface area contributed by atoms with Gasteiger partial charge in [0.15, 0.2) is 0 Å². The van der Waals surface area contributed by atoms with E-state index in [-0.39, 0.29) is 12.6 Å². The molecular weight excluding hydrogens is 288 g/mol. The Morgan fingerprint density at radius 3 is 2.42 bits per heavy atom. The molecule has 9 heteroatoms. The van der Waals surface area contributed by atoms with Crippen LogP contribution >= 0.6 is 0 Å². The van der Waals surface area contributed by atoms with Crippen molar-refractivity contribution in [2.45, 2.75) is 24.0 Å². The average Bonchev–Trinajstić information content (AvgIpc) is 2.26. The fraction of sp³-hybridized carbons (Fsp3) is 0.400. The zero-order chi connectivity index (χ0) is 14.8. The van der Waals surface area contributed by atoms with Gasteiger partial charge in [-0.2, -0.15) is 13.2 Å². The number of hydrogen-bond acceptors (Lipinski definition) is 3. The van der Waals surface area contributed by atoms with E-state index in [4.69, 9.17) is 5.73 Å². The van der Waals surface area contributed by atoms with E-state index in [1.165, 1.54) is 6.92 Å². The summed E-state index contributed by atoms with van der Waals surface area (Å²) >= 11 is 0. The van der Waals surface area contributed by atoms with E-state index in [0.29, 0.717) is 12.1 Å². The molecule has 4 nitrogen and oxygen atoms in total. The van der Waals surface area contributed by atoms with Crippen molar-refractivity contribution >= 4 is 10.0 Å². The summed E-state index contributed by atoms with van der Waals surface area (Å²) in [6.45, 7) is 1.34. The van der Waals surface area contributed by atoms with Gasteiger partial charge in [-0.25, -0.2) is 17.5 Å². The predicted molar refractivity (Wildman–Crippen MR) is 60.2 cm³/mol. The third kappa shape index (κ3) is 3.88. The van der Waals surface area contributed by atoms with Gasteiger partial charge in [0.05, 0.1) is 5.56 Å². The van der Waals surface area contributed by atoms with E-state index in [9.17, 15) is 26.0 Å². The lowest BCUT2D eigenvalue weighted by atomic mass is 10.2. The minimum atomic E-state index is -4.75. The average molecular weight is 300 g/mol. The van der Waals surface area contributed by atoms with E-state index in [1.54, 1.807) is 0 Å². The van der Waals surface area contributed by atoms with Gasteiger partial charge >= 0.3 is 6.18 Å². The molecule has 0 aliphatic heterocycles. The summed E-state index contributed by atoms with van der Waals surface area (Å²) in [7, 11) is -4.39. The molecule has 0 aromatic heterocycles. The van der Waals surface area contributed by atoms with E-state index >= 15 is 0 Å². The smallest absolute Gasteiger partial charge is 0.329 e. The fourth-order valence-electron chi connectivity index (χ4n) is 1.26. The van der Waals surface area contributed by atoms with Gasteiger partial charge in [-0.05, 0) is 25.1 Å². The van der Waals surface area contributed by atoms with Crippen LogP contribution in [0, 0.1) is 5.82 Å². The van der Waals surface area contributed by atoms with Crippen LogP contribution in [0.1, 0.15) is 12.5 Å². The van der Waals surface area contributed by atoms with Crippen LogP contribution in [0.25, 0.3) is 0 Å². The molecule has 0 fully saturated rings. The lowest BCUT2D eigenvalue weighted by Crippen LogP contribution is -2.38. The first-order valence-corrected chi connectivity index (χ1v) is 6.65. The van der Waals surface area contributed by atoms with Crippen molar-refractivity contribution in [3.8, 4) is 0 Å². The Labute approximate surface area is 107 Å². The van der Waals surface area contributed by atoms with Crippen molar-refractivity contribution in [3.05, 3.63) is 29.6 Å². The quantitative estimate of drug-likeness (QED) is 0.827. The number of nitrogens with one attached hydrogen (secondary N) is 1. The third-order valence-electron chi connectivity index (χ3n) is 2.26. The highest BCUT2D eigenvalue weighted by molar-refractivity contribution is 7.89. The van der Waals surface area contributed by atoms with Gasteiger partial charge < -0.3 is 5.73 Å². The van der Waals surface area contributed by atoms with Crippen LogP contribution in [-0.2, 0) is 16.2 Å². The molecule has 0 heterocycles. The van der Waals surface area contributed by atoms with E-state index in [2.05, 4.69) is 0 Å². The molecule has 0 unspecified atom stereocenters. The summed E-state index contributed by atoms with van der Waals surface area (Å²) < 4.78 is 76.2. The SMILES string of the molecule is C[C@@H](CN)NS(=O)(=O)c1cc(C(F)(F)F)ccc1F. The largest absolute Gasteiger partial charge is 0.416 e. The lowest BCUT2D eigenvalue weighted by Gasteiger charge is -2.14. The number of halogens is 4. The highest BCUT2D eigenvalue weighted by atomic mass is 32.2. The second-order valence-electron chi connectivity index (χ2n) is 3.90. The minimum absolute atomic E-state index is 0.0696. The van der Waals surface area contributed by atoms with Crippen molar-refractivity contribution in [1.29, 1.82) is 0 Å². The van der Waals surface area contributed by atoms with Crippen molar-refractivity contribution in [2.75, 3.05) is 6.54 Å². The lowest BCUT2D eigenvalue weighted by molar-refractivity contribution is -0.137. The molecule has 1 atom stereocenters. The Morgan fingerprint density at radius 1 is 1.37 bits per heavy atom. The van der Waals surface area contributed by atoms with Crippen LogP contribution in [0.4, 0.5) is 17.6 Å². The molecule has 1 rings (SSSR count). The summed E-state index contributed by atoms with van der Waals surface area (Å²) in [4.78, 5) is -1.05. The van der Waals surface area contributed by atoms with Crippen molar-refractivity contribution in [2.24, 2.45) is 5.73 Å². The van der Waals surface area contributed by atoms with Crippen LogP contribution in [0.3, 0.4) is 0 Å². The van der Waals surface area contributed by atoms with Crippen LogP contribution in [0.5, 0.6) is 0 Å². The van der Waals surface area contributed by atoms with Gasteiger partial charge in [0.2, 0.25) is 10.0 Å². The summed E-state index contributed by atoms with van der Waals surface area (Å²) in [6.07, 6.45) is -4.75. The zero-order valence-corrected chi connectivity index (χ0v) is 10.6. The van der Waals surface area contributed by atoms with Gasteiger partial charge in [0.25, 0.3) is 0 Å². The first-order chi connectivity index (χ1) is 8.58. The van der Waals surface area contributed by atoms with Gasteiger partial charge in [0, 0.05) is 12.6 Å². The monoisotopic (exact) mass is 300 g/mol. The Kier molecular flexibility index (Phi) is 4.54. The molecule has 1 aromatic rings. The normalized spacial score (nSPS) is 14.4. The highest BCUT2D eigenvalue weighted by Crippen LogP contribution is 2.31. The summed E-state index contributed by atoms with van der Waals surface area (Å²) in [6, 6.07) is 0.463. The molecule has 0 spiro atoms. The van der Waals surface area contributed by atoms with Gasteiger partial charge in [-0.1, -0.05) is 0 Å². The first kappa shape index (κ1) is 15.9. The van der Waals surface area contributed by atoms with Gasteiger partial charge in [-0.3, -0.25) is 0 Å².